The first-order valence-electron chi connectivity index (χ1n) is 12.1. The van der Waals surface area contributed by atoms with Gasteiger partial charge in [-0.25, -0.2) is 14.2 Å². The van der Waals surface area contributed by atoms with Gasteiger partial charge in [0.25, 0.3) is 0 Å². The zero-order chi connectivity index (χ0) is 26.7. The van der Waals surface area contributed by atoms with Gasteiger partial charge in [0, 0.05) is 24.5 Å². The summed E-state index contributed by atoms with van der Waals surface area (Å²) in [4.78, 5) is 43.1. The second kappa shape index (κ2) is 10.3. The van der Waals surface area contributed by atoms with E-state index in [1.165, 1.54) is 11.7 Å². The van der Waals surface area contributed by atoms with Crippen molar-refractivity contribution in [3.05, 3.63) is 99.0 Å². The maximum atomic E-state index is 13.6. The number of benzene rings is 2. The van der Waals surface area contributed by atoms with Gasteiger partial charge in [-0.2, -0.15) is 10.1 Å². The van der Waals surface area contributed by atoms with Crippen molar-refractivity contribution >= 4 is 17.6 Å². The zero-order valence-corrected chi connectivity index (χ0v) is 21.0. The van der Waals surface area contributed by atoms with Crippen LogP contribution < -0.4 is 21.4 Å². The van der Waals surface area contributed by atoms with Crippen LogP contribution in [0, 0.1) is 12.3 Å². The lowest BCUT2D eigenvalue weighted by Gasteiger charge is -2.18. The standard InChI is InChI=1S/C27H26N6O5/c1-18-5-7-19(8-6-18)16-32-24(29-20-9-11-21(12-10-20)38-22-4-3-15-28-31-22)30-25(35)33(26(32)36)17-27(13-14-27)23(34)37-2/h3-12,15H,13-14,16-17H2,1-2H3,(H,29,30,35). The number of rotatable bonds is 9. The number of hydrogen-bond acceptors (Lipinski definition) is 9. The molecule has 0 saturated heterocycles. The van der Waals surface area contributed by atoms with Gasteiger partial charge in [0.15, 0.2) is 0 Å². The first kappa shape index (κ1) is 24.9. The molecule has 1 saturated carbocycles. The van der Waals surface area contributed by atoms with E-state index < -0.39 is 22.8 Å². The number of aryl methyl sites for hydroxylation is 1. The van der Waals surface area contributed by atoms with Gasteiger partial charge in [-0.3, -0.25) is 9.36 Å². The Kier molecular flexibility index (Phi) is 6.73. The minimum Gasteiger partial charge on any atom is -0.469 e. The summed E-state index contributed by atoms with van der Waals surface area (Å²) in [5.41, 5.74) is 0.358. The molecule has 4 aromatic rings. The van der Waals surface area contributed by atoms with Crippen molar-refractivity contribution in [3.63, 3.8) is 0 Å². The summed E-state index contributed by atoms with van der Waals surface area (Å²) in [5, 5.41) is 10.8. The summed E-state index contributed by atoms with van der Waals surface area (Å²) >= 11 is 0. The Morgan fingerprint density at radius 3 is 2.39 bits per heavy atom. The van der Waals surface area contributed by atoms with E-state index in [9.17, 15) is 14.4 Å². The molecule has 1 aliphatic carbocycles. The summed E-state index contributed by atoms with van der Waals surface area (Å²) in [7, 11) is 1.30. The minimum atomic E-state index is -0.866. The number of anilines is 2. The molecule has 0 radical (unpaired) electrons. The van der Waals surface area contributed by atoms with E-state index in [4.69, 9.17) is 9.47 Å². The van der Waals surface area contributed by atoms with Gasteiger partial charge in [0.1, 0.15) is 5.75 Å². The van der Waals surface area contributed by atoms with Crippen LogP contribution in [0.5, 0.6) is 11.6 Å². The average molecular weight is 515 g/mol. The van der Waals surface area contributed by atoms with Crippen LogP contribution in [-0.4, -0.2) is 37.4 Å². The van der Waals surface area contributed by atoms with Gasteiger partial charge < -0.3 is 14.8 Å². The minimum absolute atomic E-state index is 0.0765. The van der Waals surface area contributed by atoms with Crippen LogP contribution in [0.3, 0.4) is 0 Å². The van der Waals surface area contributed by atoms with Gasteiger partial charge in [-0.15, -0.1) is 5.10 Å². The molecule has 2 aromatic heterocycles. The van der Waals surface area contributed by atoms with E-state index in [2.05, 4.69) is 20.5 Å². The van der Waals surface area contributed by atoms with Gasteiger partial charge in [0.2, 0.25) is 11.8 Å². The molecule has 0 bridgehead atoms. The molecule has 11 heteroatoms. The fourth-order valence-electron chi connectivity index (χ4n) is 4.07. The largest absolute Gasteiger partial charge is 0.469 e. The molecule has 0 aliphatic heterocycles. The maximum absolute atomic E-state index is 13.6. The third-order valence-corrected chi connectivity index (χ3v) is 6.42. The molecule has 38 heavy (non-hydrogen) atoms. The number of carbonyl (C=O) groups is 1. The van der Waals surface area contributed by atoms with Crippen molar-refractivity contribution in [2.45, 2.75) is 32.9 Å². The summed E-state index contributed by atoms with van der Waals surface area (Å²) in [5.74, 6) is 0.544. The highest BCUT2D eigenvalue weighted by molar-refractivity contribution is 5.79. The molecular weight excluding hydrogens is 488 g/mol. The van der Waals surface area contributed by atoms with Crippen molar-refractivity contribution in [3.8, 4) is 11.6 Å². The summed E-state index contributed by atoms with van der Waals surface area (Å²) < 4.78 is 13.0. The Labute approximate surface area is 217 Å². The Morgan fingerprint density at radius 1 is 1.03 bits per heavy atom. The van der Waals surface area contributed by atoms with E-state index in [0.717, 1.165) is 15.7 Å². The lowest BCUT2D eigenvalue weighted by molar-refractivity contribution is -0.147. The Balaban J connectivity index is 1.47. The number of carbonyl (C=O) groups excluding carboxylic acids is 1. The van der Waals surface area contributed by atoms with Crippen LogP contribution in [0.25, 0.3) is 0 Å². The van der Waals surface area contributed by atoms with Crippen LogP contribution in [0.2, 0.25) is 0 Å². The Morgan fingerprint density at radius 2 is 1.76 bits per heavy atom. The van der Waals surface area contributed by atoms with E-state index >= 15 is 0 Å². The number of ether oxygens (including phenoxy) is 2. The third kappa shape index (κ3) is 5.31. The fraction of sp³-hybridized carbons (Fsp3) is 0.259. The molecule has 1 aliphatic rings. The van der Waals surface area contributed by atoms with E-state index in [-0.39, 0.29) is 19.0 Å². The van der Waals surface area contributed by atoms with Crippen LogP contribution in [0.15, 0.2) is 76.4 Å². The van der Waals surface area contributed by atoms with Gasteiger partial charge >= 0.3 is 17.3 Å². The van der Waals surface area contributed by atoms with E-state index in [0.29, 0.717) is 30.2 Å². The summed E-state index contributed by atoms with van der Waals surface area (Å²) in [6, 6.07) is 18.0. The first-order chi connectivity index (χ1) is 18.4. The lowest BCUT2D eigenvalue weighted by Crippen LogP contribution is -2.45. The fourth-order valence-corrected chi connectivity index (χ4v) is 4.07. The number of hydrogen-bond donors (Lipinski definition) is 1. The lowest BCUT2D eigenvalue weighted by atomic mass is 10.1. The van der Waals surface area contributed by atoms with E-state index in [1.807, 2.05) is 31.2 Å². The molecule has 1 fully saturated rings. The number of nitrogens with one attached hydrogen (secondary N) is 1. The highest BCUT2D eigenvalue weighted by Crippen LogP contribution is 2.47. The second-order valence-electron chi connectivity index (χ2n) is 9.24. The Bertz CT molecular complexity index is 1560. The molecular formula is C27H26N6O5. The molecule has 5 rings (SSSR count). The number of esters is 1. The number of methoxy groups -OCH3 is 1. The summed E-state index contributed by atoms with van der Waals surface area (Å²) in [6.07, 6.45) is 2.65. The average Bonchev–Trinajstić information content (AvgIpc) is 3.72. The predicted octanol–water partition coefficient (Wildman–Crippen LogP) is 3.04. The third-order valence-electron chi connectivity index (χ3n) is 6.42. The van der Waals surface area contributed by atoms with Crippen LogP contribution >= 0.6 is 0 Å². The van der Waals surface area contributed by atoms with Gasteiger partial charge in [-0.05, 0) is 55.7 Å². The van der Waals surface area contributed by atoms with Crippen molar-refractivity contribution in [2.75, 3.05) is 12.4 Å². The van der Waals surface area contributed by atoms with Crippen LogP contribution in [0.1, 0.15) is 24.0 Å². The molecule has 194 valence electrons. The quantitative estimate of drug-likeness (QED) is 0.335. The van der Waals surface area contributed by atoms with E-state index in [1.54, 1.807) is 42.6 Å². The van der Waals surface area contributed by atoms with Gasteiger partial charge in [-0.1, -0.05) is 29.8 Å². The smallest absolute Gasteiger partial charge is 0.354 e. The van der Waals surface area contributed by atoms with Crippen molar-refractivity contribution < 1.29 is 14.3 Å². The second-order valence-corrected chi connectivity index (χ2v) is 9.24. The normalized spacial score (nSPS) is 13.5. The molecule has 0 spiro atoms. The molecule has 1 N–H and O–H groups in total. The molecule has 0 unspecified atom stereocenters. The molecule has 0 amide bonds. The first-order valence-corrected chi connectivity index (χ1v) is 12.1. The monoisotopic (exact) mass is 514 g/mol. The maximum Gasteiger partial charge on any atom is 0.354 e. The van der Waals surface area contributed by atoms with Gasteiger partial charge in [0.05, 0.1) is 19.1 Å². The highest BCUT2D eigenvalue weighted by Gasteiger charge is 2.52. The number of aromatic nitrogens is 5. The van der Waals surface area contributed by atoms with Crippen LogP contribution in [-0.2, 0) is 22.6 Å². The van der Waals surface area contributed by atoms with Crippen molar-refractivity contribution in [1.82, 2.24) is 24.3 Å². The number of nitrogens with zero attached hydrogens (tertiary/aromatic N) is 5. The van der Waals surface area contributed by atoms with Crippen LogP contribution in [0.4, 0.5) is 11.6 Å². The molecule has 2 heterocycles. The van der Waals surface area contributed by atoms with Crippen molar-refractivity contribution in [2.24, 2.45) is 5.41 Å². The molecule has 11 nitrogen and oxygen atoms in total. The van der Waals surface area contributed by atoms with Crippen molar-refractivity contribution in [1.29, 1.82) is 0 Å². The topological polar surface area (TPSA) is 130 Å². The zero-order valence-electron chi connectivity index (χ0n) is 21.0. The molecule has 2 aromatic carbocycles. The summed E-state index contributed by atoms with van der Waals surface area (Å²) in [6.45, 7) is 2.07. The Hall–Kier alpha value is -4.80. The highest BCUT2D eigenvalue weighted by atomic mass is 16.5. The SMILES string of the molecule is COC(=O)C1(Cn2c(=O)nc(Nc3ccc(Oc4cccnn4)cc3)n(Cc3ccc(C)cc3)c2=O)CC1. The molecule has 0 atom stereocenters. The predicted molar refractivity (Wildman–Crippen MR) is 139 cm³/mol.